The van der Waals surface area contributed by atoms with E-state index in [0.717, 1.165) is 51.8 Å². The standard InChI is InChI=1S/C24H24ClN7OS/c1-31-24-21(22(30-31)19-4-2-3-8-27-19)23(34-11-9-28-24)17-6-5-15(12-18(17)25)16-13-29-32(14-16)10-7-20(26)33/h2-6,8,12-14,23,28H,7,9-11H2,1H3,(H2,26,33). The minimum atomic E-state index is -0.348. The van der Waals surface area contributed by atoms with Gasteiger partial charge in [0.05, 0.1) is 17.1 Å². The summed E-state index contributed by atoms with van der Waals surface area (Å²) in [6.07, 6.45) is 5.71. The van der Waals surface area contributed by atoms with Crippen LogP contribution in [0.4, 0.5) is 5.82 Å². The van der Waals surface area contributed by atoms with Crippen molar-refractivity contribution in [2.24, 2.45) is 12.8 Å². The van der Waals surface area contributed by atoms with E-state index in [1.807, 2.05) is 54.0 Å². The summed E-state index contributed by atoms with van der Waals surface area (Å²) < 4.78 is 3.61. The number of nitrogens with two attached hydrogens (primary N) is 1. The van der Waals surface area contributed by atoms with Crippen LogP contribution < -0.4 is 11.1 Å². The maximum Gasteiger partial charge on any atom is 0.219 e. The summed E-state index contributed by atoms with van der Waals surface area (Å²) >= 11 is 8.73. The van der Waals surface area contributed by atoms with Gasteiger partial charge in [-0.1, -0.05) is 29.8 Å². The van der Waals surface area contributed by atoms with Gasteiger partial charge in [-0.2, -0.15) is 10.2 Å². The van der Waals surface area contributed by atoms with Gasteiger partial charge in [0.2, 0.25) is 5.91 Å². The highest BCUT2D eigenvalue weighted by Crippen LogP contribution is 2.47. The number of aromatic nitrogens is 5. The Hall–Kier alpha value is -3.30. The normalized spacial score (nSPS) is 15.4. The first-order valence-corrected chi connectivity index (χ1v) is 12.4. The third kappa shape index (κ3) is 4.41. The topological polar surface area (TPSA) is 104 Å². The zero-order chi connectivity index (χ0) is 23.7. The lowest BCUT2D eigenvalue weighted by molar-refractivity contribution is -0.118. The number of hydrogen-bond acceptors (Lipinski definition) is 6. The first-order chi connectivity index (χ1) is 16.5. The van der Waals surface area contributed by atoms with Gasteiger partial charge in [-0.3, -0.25) is 19.1 Å². The van der Waals surface area contributed by atoms with Crippen molar-refractivity contribution >= 4 is 35.1 Å². The number of pyridine rings is 1. The Morgan fingerprint density at radius 1 is 1.29 bits per heavy atom. The molecule has 174 valence electrons. The van der Waals surface area contributed by atoms with Crippen LogP contribution in [0.25, 0.3) is 22.5 Å². The van der Waals surface area contributed by atoms with Crippen molar-refractivity contribution < 1.29 is 4.79 Å². The van der Waals surface area contributed by atoms with Crippen molar-refractivity contribution in [3.63, 3.8) is 0 Å². The maximum absolute atomic E-state index is 11.1. The van der Waals surface area contributed by atoms with Crippen LogP contribution in [0.15, 0.2) is 55.0 Å². The molecule has 8 nitrogen and oxygen atoms in total. The molecule has 0 aliphatic carbocycles. The van der Waals surface area contributed by atoms with Gasteiger partial charge in [-0.25, -0.2) is 0 Å². The number of nitrogens with zero attached hydrogens (tertiary/aromatic N) is 5. The third-order valence-corrected chi connectivity index (χ3v) is 7.36. The molecule has 10 heteroatoms. The number of anilines is 1. The van der Waals surface area contributed by atoms with E-state index in [2.05, 4.69) is 27.5 Å². The quantitative estimate of drug-likeness (QED) is 0.418. The van der Waals surface area contributed by atoms with Crippen LogP contribution in [0.1, 0.15) is 22.8 Å². The predicted molar refractivity (Wildman–Crippen MR) is 136 cm³/mol. The number of fused-ring (bicyclic) bond motifs is 1. The van der Waals surface area contributed by atoms with E-state index in [9.17, 15) is 4.79 Å². The monoisotopic (exact) mass is 493 g/mol. The van der Waals surface area contributed by atoms with Crippen LogP contribution in [0.2, 0.25) is 5.02 Å². The molecule has 5 rings (SSSR count). The predicted octanol–water partition coefficient (Wildman–Crippen LogP) is 4.12. The smallest absolute Gasteiger partial charge is 0.219 e. The number of thioether (sulfide) groups is 1. The van der Waals surface area contributed by atoms with Gasteiger partial charge in [0.15, 0.2) is 0 Å². The van der Waals surface area contributed by atoms with Gasteiger partial charge in [0.25, 0.3) is 0 Å². The minimum absolute atomic E-state index is 0.00976. The Morgan fingerprint density at radius 2 is 2.18 bits per heavy atom. The van der Waals surface area contributed by atoms with E-state index in [4.69, 9.17) is 22.4 Å². The number of amides is 1. The first kappa shape index (κ1) is 22.5. The van der Waals surface area contributed by atoms with Crippen LogP contribution in [-0.4, -0.2) is 42.7 Å². The van der Waals surface area contributed by atoms with Crippen LogP contribution in [0.3, 0.4) is 0 Å². The van der Waals surface area contributed by atoms with E-state index in [0.29, 0.717) is 11.6 Å². The fourth-order valence-electron chi connectivity index (χ4n) is 4.14. The molecule has 4 aromatic rings. The molecule has 3 aromatic heterocycles. The molecule has 0 fully saturated rings. The number of halogens is 1. The summed E-state index contributed by atoms with van der Waals surface area (Å²) in [7, 11) is 1.95. The number of primary amides is 1. The van der Waals surface area contributed by atoms with Gasteiger partial charge >= 0.3 is 0 Å². The van der Waals surface area contributed by atoms with Gasteiger partial charge in [-0.15, -0.1) is 11.8 Å². The summed E-state index contributed by atoms with van der Waals surface area (Å²) in [6.45, 7) is 1.29. The van der Waals surface area contributed by atoms with Crippen molar-refractivity contribution in [1.29, 1.82) is 0 Å². The summed E-state index contributed by atoms with van der Waals surface area (Å²) in [5.74, 6) is 1.58. The molecule has 3 N–H and O–H groups in total. The molecule has 1 aliphatic rings. The number of hydrogen-bond donors (Lipinski definition) is 2. The van der Waals surface area contributed by atoms with Gasteiger partial charge < -0.3 is 11.1 Å². The largest absolute Gasteiger partial charge is 0.370 e. The maximum atomic E-state index is 11.1. The van der Waals surface area contributed by atoms with Crippen LogP contribution in [0, 0.1) is 0 Å². The van der Waals surface area contributed by atoms with E-state index >= 15 is 0 Å². The zero-order valence-corrected chi connectivity index (χ0v) is 20.2. The number of benzene rings is 1. The third-order valence-electron chi connectivity index (χ3n) is 5.77. The summed E-state index contributed by atoms with van der Waals surface area (Å²) in [5.41, 5.74) is 11.0. The van der Waals surface area contributed by atoms with Crippen molar-refractivity contribution in [3.05, 3.63) is 71.1 Å². The number of rotatable bonds is 6. The zero-order valence-electron chi connectivity index (χ0n) is 18.6. The average molecular weight is 494 g/mol. The lowest BCUT2D eigenvalue weighted by atomic mass is 9.99. The van der Waals surface area contributed by atoms with Gasteiger partial charge in [0.1, 0.15) is 11.5 Å². The molecule has 4 heterocycles. The molecule has 1 aliphatic heterocycles. The Balaban J connectivity index is 1.51. The van der Waals surface area contributed by atoms with Gasteiger partial charge in [0, 0.05) is 60.9 Å². The summed E-state index contributed by atoms with van der Waals surface area (Å²) in [6, 6.07) is 12.0. The Kier molecular flexibility index (Phi) is 6.30. The number of carbonyl (C=O) groups is 1. The van der Waals surface area contributed by atoms with Crippen LogP contribution in [-0.2, 0) is 18.4 Å². The van der Waals surface area contributed by atoms with E-state index < -0.39 is 0 Å². The second kappa shape index (κ2) is 9.52. The molecular formula is C24H24ClN7OS. The first-order valence-electron chi connectivity index (χ1n) is 11.0. The second-order valence-corrected chi connectivity index (χ2v) is 9.69. The summed E-state index contributed by atoms with van der Waals surface area (Å²) in [4.78, 5) is 15.6. The molecular weight excluding hydrogens is 470 g/mol. The number of carbonyl (C=O) groups excluding carboxylic acids is 1. The van der Waals surface area contributed by atoms with Crippen molar-refractivity contribution in [2.45, 2.75) is 18.2 Å². The Morgan fingerprint density at radius 3 is 2.94 bits per heavy atom. The van der Waals surface area contributed by atoms with Crippen molar-refractivity contribution in [1.82, 2.24) is 24.5 Å². The molecule has 0 saturated carbocycles. The highest BCUT2D eigenvalue weighted by atomic mass is 35.5. The Bertz CT molecular complexity index is 1330. The lowest BCUT2D eigenvalue weighted by Crippen LogP contribution is -2.13. The van der Waals surface area contributed by atoms with Gasteiger partial charge in [-0.05, 0) is 29.3 Å². The van der Waals surface area contributed by atoms with E-state index in [1.54, 1.807) is 17.1 Å². The number of aryl methyl sites for hydroxylation is 2. The fourth-order valence-corrected chi connectivity index (χ4v) is 5.73. The Labute approximate surface area is 206 Å². The van der Waals surface area contributed by atoms with Crippen molar-refractivity contribution in [2.75, 3.05) is 17.6 Å². The highest BCUT2D eigenvalue weighted by Gasteiger charge is 2.30. The molecule has 1 aromatic carbocycles. The lowest BCUT2D eigenvalue weighted by Gasteiger charge is -2.18. The summed E-state index contributed by atoms with van der Waals surface area (Å²) in [5, 5.41) is 13.4. The highest BCUT2D eigenvalue weighted by molar-refractivity contribution is 7.99. The number of nitrogens with one attached hydrogen (secondary N) is 1. The molecule has 0 radical (unpaired) electrons. The molecule has 34 heavy (non-hydrogen) atoms. The van der Waals surface area contributed by atoms with E-state index in [1.165, 1.54) is 0 Å². The molecule has 0 saturated heterocycles. The van der Waals surface area contributed by atoms with Crippen molar-refractivity contribution in [3.8, 4) is 22.5 Å². The van der Waals surface area contributed by atoms with E-state index in [-0.39, 0.29) is 17.6 Å². The van der Waals surface area contributed by atoms with Crippen LogP contribution in [0.5, 0.6) is 0 Å². The second-order valence-electron chi connectivity index (χ2n) is 8.07. The average Bonchev–Trinajstić information content (AvgIpc) is 3.37. The SMILES string of the molecule is Cn1nc(-c2ccccn2)c2c1NCCSC2c1ccc(-c2cnn(CCC(N)=O)c2)cc1Cl. The fraction of sp³-hybridized carbons (Fsp3) is 0.250. The molecule has 0 spiro atoms. The molecule has 1 atom stereocenters. The molecule has 1 unspecified atom stereocenters. The minimum Gasteiger partial charge on any atom is -0.370 e. The van der Waals surface area contributed by atoms with Crippen LogP contribution >= 0.6 is 23.4 Å². The molecule has 1 amide bonds. The molecule has 0 bridgehead atoms.